The first-order valence-corrected chi connectivity index (χ1v) is 8.47. The zero-order valence-electron chi connectivity index (χ0n) is 13.4. The molecular formula is C18H19Cl3N2O2. The van der Waals surface area contributed by atoms with Crippen molar-refractivity contribution in [1.29, 1.82) is 0 Å². The van der Waals surface area contributed by atoms with Gasteiger partial charge in [0.2, 0.25) is 0 Å². The second kappa shape index (κ2) is 8.77. The van der Waals surface area contributed by atoms with E-state index in [1.54, 1.807) is 23.1 Å². The highest BCUT2D eigenvalue weighted by atomic mass is 35.5. The lowest BCUT2D eigenvalue weighted by Gasteiger charge is -2.17. The van der Waals surface area contributed by atoms with Crippen molar-refractivity contribution in [2.45, 2.75) is 12.0 Å². The molecule has 25 heavy (non-hydrogen) atoms. The minimum Gasteiger partial charge on any atom is -0.481 e. The van der Waals surface area contributed by atoms with Gasteiger partial charge in [-0.1, -0.05) is 59.6 Å². The van der Waals surface area contributed by atoms with Crippen molar-refractivity contribution in [1.82, 2.24) is 4.90 Å². The van der Waals surface area contributed by atoms with Gasteiger partial charge >= 0.3 is 0 Å². The first kappa shape index (κ1) is 19.9. The van der Waals surface area contributed by atoms with E-state index in [2.05, 4.69) is 0 Å². The van der Waals surface area contributed by atoms with Crippen molar-refractivity contribution in [2.75, 3.05) is 19.7 Å². The summed E-state index contributed by atoms with van der Waals surface area (Å²) < 4.78 is 5.52. The fraction of sp³-hybridized carbons (Fsp3) is 0.278. The number of para-hydroxylation sites is 1. The standard InChI is InChI=1S/C18H18Cl2N2O2.ClH/c19-14-7-4-8-15(20)18(14)24-11-17(23)22-9-13(16(21)10-22)12-5-2-1-3-6-12;/h1-8,13,16H,9-11,21H2;1H/t13-,16+;/m0./s1. The number of hydrogen-bond donors (Lipinski definition) is 1. The Morgan fingerprint density at radius 3 is 2.36 bits per heavy atom. The third-order valence-electron chi connectivity index (χ3n) is 4.20. The van der Waals surface area contributed by atoms with Gasteiger partial charge in [-0.2, -0.15) is 0 Å². The Morgan fingerprint density at radius 2 is 1.72 bits per heavy atom. The maximum absolute atomic E-state index is 12.4. The predicted octanol–water partition coefficient (Wildman–Crippen LogP) is 3.75. The predicted molar refractivity (Wildman–Crippen MR) is 103 cm³/mol. The molecule has 7 heteroatoms. The van der Waals surface area contributed by atoms with Gasteiger partial charge in [0, 0.05) is 25.0 Å². The van der Waals surface area contributed by atoms with Crippen LogP contribution in [-0.4, -0.2) is 36.5 Å². The van der Waals surface area contributed by atoms with E-state index in [0.29, 0.717) is 28.9 Å². The number of benzene rings is 2. The molecule has 0 aromatic heterocycles. The maximum Gasteiger partial charge on any atom is 0.260 e. The molecule has 4 nitrogen and oxygen atoms in total. The van der Waals surface area contributed by atoms with Gasteiger partial charge in [-0.3, -0.25) is 4.79 Å². The van der Waals surface area contributed by atoms with E-state index in [1.807, 2.05) is 30.3 Å². The summed E-state index contributed by atoms with van der Waals surface area (Å²) in [5.41, 5.74) is 7.37. The Morgan fingerprint density at radius 1 is 1.08 bits per heavy atom. The maximum atomic E-state index is 12.4. The normalized spacial score (nSPS) is 19.4. The zero-order chi connectivity index (χ0) is 17.1. The van der Waals surface area contributed by atoms with Crippen LogP contribution < -0.4 is 10.5 Å². The summed E-state index contributed by atoms with van der Waals surface area (Å²) in [5, 5.41) is 0.770. The molecule has 0 saturated carbocycles. The van der Waals surface area contributed by atoms with Crippen molar-refractivity contribution in [2.24, 2.45) is 5.73 Å². The number of rotatable bonds is 4. The third-order valence-corrected chi connectivity index (χ3v) is 4.80. The second-order valence-electron chi connectivity index (χ2n) is 5.82. The smallest absolute Gasteiger partial charge is 0.260 e. The van der Waals surface area contributed by atoms with Gasteiger partial charge in [-0.25, -0.2) is 0 Å². The molecule has 0 unspecified atom stereocenters. The Balaban J connectivity index is 0.00000225. The molecule has 134 valence electrons. The molecular weight excluding hydrogens is 383 g/mol. The lowest BCUT2D eigenvalue weighted by molar-refractivity contribution is -0.132. The average Bonchev–Trinajstić information content (AvgIpc) is 2.97. The summed E-state index contributed by atoms with van der Waals surface area (Å²) in [6.07, 6.45) is 0. The van der Waals surface area contributed by atoms with Crippen molar-refractivity contribution in [3.05, 3.63) is 64.1 Å². The Labute approximate surface area is 163 Å². The molecule has 2 N–H and O–H groups in total. The van der Waals surface area contributed by atoms with Crippen LogP contribution in [0.3, 0.4) is 0 Å². The number of halogens is 3. The minimum atomic E-state index is -0.125. The highest BCUT2D eigenvalue weighted by Crippen LogP contribution is 2.32. The fourth-order valence-electron chi connectivity index (χ4n) is 2.93. The van der Waals surface area contributed by atoms with Gasteiger partial charge in [0.1, 0.15) is 0 Å². The monoisotopic (exact) mass is 400 g/mol. The molecule has 1 saturated heterocycles. The van der Waals surface area contributed by atoms with Gasteiger partial charge in [0.15, 0.2) is 12.4 Å². The second-order valence-corrected chi connectivity index (χ2v) is 6.63. The number of nitrogens with zero attached hydrogens (tertiary/aromatic N) is 1. The van der Waals surface area contributed by atoms with Crippen molar-refractivity contribution < 1.29 is 9.53 Å². The van der Waals surface area contributed by atoms with E-state index >= 15 is 0 Å². The van der Waals surface area contributed by atoms with E-state index in [9.17, 15) is 4.79 Å². The number of ether oxygens (including phenoxy) is 1. The van der Waals surface area contributed by atoms with Crippen molar-refractivity contribution in [3.8, 4) is 5.75 Å². The zero-order valence-corrected chi connectivity index (χ0v) is 15.7. The summed E-state index contributed by atoms with van der Waals surface area (Å²) in [6.45, 7) is 0.985. The molecule has 3 rings (SSSR count). The topological polar surface area (TPSA) is 55.6 Å². The summed E-state index contributed by atoms with van der Waals surface area (Å²) >= 11 is 12.1. The molecule has 1 fully saturated rings. The van der Waals surface area contributed by atoms with Gasteiger partial charge in [-0.05, 0) is 17.7 Å². The molecule has 0 spiro atoms. The van der Waals surface area contributed by atoms with Gasteiger partial charge in [0.05, 0.1) is 10.0 Å². The first-order chi connectivity index (χ1) is 11.6. The lowest BCUT2D eigenvalue weighted by Crippen LogP contribution is -2.35. The molecule has 1 amide bonds. The van der Waals surface area contributed by atoms with Crippen molar-refractivity contribution >= 4 is 41.5 Å². The molecule has 0 bridgehead atoms. The molecule has 1 heterocycles. The number of nitrogens with two attached hydrogens (primary N) is 1. The van der Waals surface area contributed by atoms with Crippen LogP contribution in [0.15, 0.2) is 48.5 Å². The third kappa shape index (κ3) is 4.59. The fourth-order valence-corrected chi connectivity index (χ4v) is 3.44. The van der Waals surface area contributed by atoms with Crippen LogP contribution in [0.25, 0.3) is 0 Å². The molecule has 0 radical (unpaired) electrons. The van der Waals surface area contributed by atoms with Crippen molar-refractivity contribution in [3.63, 3.8) is 0 Å². The number of carbonyl (C=O) groups is 1. The van der Waals surface area contributed by atoms with Gasteiger partial charge < -0.3 is 15.4 Å². The Kier molecular flexibility index (Phi) is 6.96. The summed E-state index contributed by atoms with van der Waals surface area (Å²) in [6, 6.07) is 15.0. The summed E-state index contributed by atoms with van der Waals surface area (Å²) in [7, 11) is 0. The molecule has 2 atom stereocenters. The largest absolute Gasteiger partial charge is 0.481 e. The summed E-state index contributed by atoms with van der Waals surface area (Å²) in [5.74, 6) is 0.344. The molecule has 1 aliphatic rings. The number of amides is 1. The van der Waals surface area contributed by atoms with E-state index in [1.165, 1.54) is 0 Å². The molecule has 2 aromatic carbocycles. The van der Waals surface area contributed by atoms with Gasteiger partial charge in [-0.15, -0.1) is 12.4 Å². The van der Waals surface area contributed by atoms with Crippen LogP contribution in [0.5, 0.6) is 5.75 Å². The van der Waals surface area contributed by atoms with E-state index in [4.69, 9.17) is 33.7 Å². The highest BCUT2D eigenvalue weighted by molar-refractivity contribution is 6.37. The van der Waals surface area contributed by atoms with E-state index in [-0.39, 0.29) is 36.9 Å². The van der Waals surface area contributed by atoms with Crippen LogP contribution in [-0.2, 0) is 4.79 Å². The molecule has 2 aromatic rings. The van der Waals surface area contributed by atoms with Gasteiger partial charge in [0.25, 0.3) is 5.91 Å². The Hall–Kier alpha value is -1.46. The summed E-state index contributed by atoms with van der Waals surface area (Å²) in [4.78, 5) is 14.2. The van der Waals surface area contributed by atoms with Crippen LogP contribution in [0.2, 0.25) is 10.0 Å². The quantitative estimate of drug-likeness (QED) is 0.849. The minimum absolute atomic E-state index is 0. The van der Waals surface area contributed by atoms with Crippen LogP contribution >= 0.6 is 35.6 Å². The molecule has 1 aliphatic heterocycles. The van der Waals surface area contributed by atoms with E-state index in [0.717, 1.165) is 5.56 Å². The Bertz CT molecular complexity index is 707. The lowest BCUT2D eigenvalue weighted by atomic mass is 9.95. The van der Waals surface area contributed by atoms with Crippen LogP contribution in [0, 0.1) is 0 Å². The number of hydrogen-bond acceptors (Lipinski definition) is 3. The SMILES string of the molecule is Cl.N[C@@H]1CN(C(=O)COc2c(Cl)cccc2Cl)C[C@H]1c1ccccc1. The van der Waals surface area contributed by atoms with E-state index < -0.39 is 0 Å². The molecule has 0 aliphatic carbocycles. The first-order valence-electron chi connectivity index (χ1n) is 7.71. The van der Waals surface area contributed by atoms with Crippen LogP contribution in [0.4, 0.5) is 0 Å². The van der Waals surface area contributed by atoms with Crippen LogP contribution in [0.1, 0.15) is 11.5 Å². The highest BCUT2D eigenvalue weighted by Gasteiger charge is 2.33. The average molecular weight is 402 g/mol. The number of likely N-dealkylation sites (tertiary alicyclic amines) is 1. The number of carbonyl (C=O) groups excluding carboxylic acids is 1.